The van der Waals surface area contributed by atoms with Gasteiger partial charge in [0.15, 0.2) is 33.3 Å². The van der Waals surface area contributed by atoms with Crippen molar-refractivity contribution in [3.05, 3.63) is 44.7 Å². The Labute approximate surface area is 318 Å². The lowest BCUT2D eigenvalue weighted by molar-refractivity contribution is -0.155. The van der Waals surface area contributed by atoms with Gasteiger partial charge in [0, 0.05) is 25.6 Å². The van der Waals surface area contributed by atoms with Gasteiger partial charge in [0.05, 0.1) is 30.1 Å². The number of rotatable bonds is 13. The van der Waals surface area contributed by atoms with Crippen LogP contribution in [0.1, 0.15) is 56.2 Å². The van der Waals surface area contributed by atoms with Gasteiger partial charge in [-0.1, -0.05) is 31.0 Å². The molecule has 4 heterocycles. The van der Waals surface area contributed by atoms with Gasteiger partial charge >= 0.3 is 30.7 Å². The summed E-state index contributed by atoms with van der Waals surface area (Å²) in [6.07, 6.45) is -16.8. The molecule has 1 amide bonds. The Kier molecular flexibility index (Phi) is 16.2. The third-order valence-corrected chi connectivity index (χ3v) is 10.2. The summed E-state index contributed by atoms with van der Waals surface area (Å²) < 4.78 is 169. The van der Waals surface area contributed by atoms with Crippen molar-refractivity contribution in [1.82, 2.24) is 29.5 Å². The first-order valence-corrected chi connectivity index (χ1v) is 17.7. The van der Waals surface area contributed by atoms with Crippen LogP contribution in [-0.4, -0.2) is 73.6 Å². The van der Waals surface area contributed by atoms with Crippen LogP contribution in [0.3, 0.4) is 0 Å². The second-order valence-corrected chi connectivity index (χ2v) is 14.5. The first-order valence-electron chi connectivity index (χ1n) is 14.1. The molecule has 55 heavy (non-hydrogen) atoms. The van der Waals surface area contributed by atoms with Crippen LogP contribution < -0.4 is 15.2 Å². The van der Waals surface area contributed by atoms with Crippen molar-refractivity contribution in [2.75, 3.05) is 19.8 Å². The van der Waals surface area contributed by atoms with Gasteiger partial charge in [0.25, 0.3) is 5.91 Å². The predicted molar refractivity (Wildman–Crippen MR) is 174 cm³/mol. The summed E-state index contributed by atoms with van der Waals surface area (Å²) >= 11 is 3.34. The van der Waals surface area contributed by atoms with Crippen molar-refractivity contribution < 1.29 is 76.5 Å². The SMILES string of the molecule is C.CCOC(=O)c1cnc(SCc2c(C(F)(F)F)nn(C)c2OCC(F)(F)F)s1.Cn1nc(C(F)(F)F)c(CSc2ncc(C(N)=O)s2)c1OCC(F)(F)F. The molecule has 28 heteroatoms. The number of ether oxygens (including phenoxy) is 3. The number of thiazole rings is 2. The molecule has 308 valence electrons. The van der Waals surface area contributed by atoms with E-state index < -0.39 is 95.6 Å². The van der Waals surface area contributed by atoms with Gasteiger partial charge in [-0.3, -0.25) is 4.79 Å². The monoisotopic (exact) mass is 885 g/mol. The molecule has 0 unspecified atom stereocenters. The minimum atomic E-state index is -4.88. The maximum atomic E-state index is 13.2. The first kappa shape index (κ1) is 47.2. The van der Waals surface area contributed by atoms with Crippen LogP contribution >= 0.6 is 46.2 Å². The minimum absolute atomic E-state index is 0. The molecule has 0 radical (unpaired) electrons. The number of halogens is 12. The summed E-state index contributed by atoms with van der Waals surface area (Å²) in [4.78, 5) is 30.6. The van der Waals surface area contributed by atoms with E-state index in [1.807, 2.05) is 0 Å². The Morgan fingerprint density at radius 3 is 1.44 bits per heavy atom. The van der Waals surface area contributed by atoms with Gasteiger partial charge in [-0.05, 0) is 6.92 Å². The summed E-state index contributed by atoms with van der Waals surface area (Å²) in [5, 5.41) is 6.47. The first-order chi connectivity index (χ1) is 24.8. The lowest BCUT2D eigenvalue weighted by Gasteiger charge is -2.11. The molecule has 4 rings (SSSR count). The van der Waals surface area contributed by atoms with Crippen molar-refractivity contribution >= 4 is 58.1 Å². The zero-order chi connectivity index (χ0) is 40.8. The lowest BCUT2D eigenvalue weighted by Crippen LogP contribution is -2.20. The number of aromatic nitrogens is 6. The van der Waals surface area contributed by atoms with E-state index in [4.69, 9.17) is 10.5 Å². The molecule has 0 saturated heterocycles. The highest BCUT2D eigenvalue weighted by Crippen LogP contribution is 2.41. The number of thioether (sulfide) groups is 2. The molecule has 0 saturated carbocycles. The molecule has 4 aromatic rings. The number of hydrogen-bond donors (Lipinski definition) is 1. The molecular weight excluding hydrogens is 859 g/mol. The predicted octanol–water partition coefficient (Wildman–Crippen LogP) is 8.17. The van der Waals surface area contributed by atoms with Gasteiger partial charge < -0.3 is 19.9 Å². The molecule has 0 aromatic carbocycles. The number of nitrogens with two attached hydrogens (primary N) is 1. The molecule has 0 bridgehead atoms. The highest BCUT2D eigenvalue weighted by Gasteiger charge is 2.42. The molecule has 0 atom stereocenters. The number of primary amides is 1. The van der Waals surface area contributed by atoms with E-state index in [2.05, 4.69) is 29.6 Å². The largest absolute Gasteiger partial charge is 0.468 e. The van der Waals surface area contributed by atoms with E-state index in [9.17, 15) is 62.3 Å². The zero-order valence-corrected chi connectivity index (χ0v) is 30.4. The van der Waals surface area contributed by atoms with Crippen LogP contribution in [0.2, 0.25) is 0 Å². The minimum Gasteiger partial charge on any atom is -0.468 e. The highest BCUT2D eigenvalue weighted by atomic mass is 32.2. The Bertz CT molecular complexity index is 1900. The lowest BCUT2D eigenvalue weighted by atomic mass is 10.2. The fourth-order valence-corrected chi connectivity index (χ4v) is 7.52. The van der Waals surface area contributed by atoms with E-state index in [0.29, 0.717) is 9.36 Å². The van der Waals surface area contributed by atoms with Crippen molar-refractivity contribution in [3.8, 4) is 11.8 Å². The van der Waals surface area contributed by atoms with Crippen LogP contribution in [0.15, 0.2) is 21.1 Å². The maximum Gasteiger partial charge on any atom is 0.435 e. The van der Waals surface area contributed by atoms with Crippen molar-refractivity contribution in [3.63, 3.8) is 0 Å². The summed E-state index contributed by atoms with van der Waals surface area (Å²) in [6.45, 7) is -1.77. The number of carbonyl (C=O) groups is 2. The molecule has 0 fully saturated rings. The van der Waals surface area contributed by atoms with Gasteiger partial charge in [-0.2, -0.15) is 62.9 Å². The number of hydrogen-bond acceptors (Lipinski definition) is 13. The fourth-order valence-electron chi connectivity index (χ4n) is 3.81. The highest BCUT2D eigenvalue weighted by molar-refractivity contribution is 8.00. The standard InChI is InChI=1S/C14H13F6N3O3S2.C12H10F6N4O2S2.CH4/c1-3-25-11(24)8-4-21-12(28-8)27-5-7-9(14(18,19)20)22-23(2)10(7)26-6-13(15,16)17;1-22-9(24-4-11(13,14)15)5(7(21-22)12(16,17)18)3-25-10-20-2-6(26-10)8(19)23;/h4H,3,5-6H2,1-2H3;2H,3-4H2,1H3,(H2,19,23);1H4. The van der Waals surface area contributed by atoms with E-state index in [0.717, 1.165) is 66.5 Å². The maximum absolute atomic E-state index is 13.2. The van der Waals surface area contributed by atoms with Crippen molar-refractivity contribution in [1.29, 1.82) is 0 Å². The van der Waals surface area contributed by atoms with Gasteiger partial charge in [-0.15, -0.1) is 22.7 Å². The second kappa shape index (κ2) is 18.8. The average molecular weight is 886 g/mol. The topological polar surface area (TPSA) is 149 Å². The summed E-state index contributed by atoms with van der Waals surface area (Å²) in [5.74, 6) is -3.49. The summed E-state index contributed by atoms with van der Waals surface area (Å²) in [7, 11) is 2.10. The van der Waals surface area contributed by atoms with E-state index >= 15 is 0 Å². The molecule has 0 aliphatic carbocycles. The molecular formula is C27H27F12N7O5S4. The molecule has 2 N–H and O–H groups in total. The Hall–Kier alpha value is -3.92. The average Bonchev–Trinajstić information content (AvgIpc) is 3.82. The fraction of sp³-hybridized carbons (Fsp3) is 0.481. The number of alkyl halides is 12. The van der Waals surface area contributed by atoms with Crippen LogP contribution in [0, 0.1) is 0 Å². The quantitative estimate of drug-likeness (QED) is 0.0788. The van der Waals surface area contributed by atoms with Crippen molar-refractivity contribution in [2.45, 2.75) is 59.2 Å². The zero-order valence-electron chi connectivity index (χ0n) is 27.2. The molecule has 0 spiro atoms. The molecule has 12 nitrogen and oxygen atoms in total. The molecule has 0 aliphatic heterocycles. The van der Waals surface area contributed by atoms with Crippen LogP contribution in [0.25, 0.3) is 0 Å². The Balaban J connectivity index is 0.000000374. The third-order valence-electron chi connectivity index (χ3n) is 5.83. The summed E-state index contributed by atoms with van der Waals surface area (Å²) in [6, 6.07) is 0. The normalized spacial score (nSPS) is 12.1. The number of carbonyl (C=O) groups excluding carboxylic acids is 2. The van der Waals surface area contributed by atoms with Gasteiger partial charge in [0.1, 0.15) is 9.75 Å². The Morgan fingerprint density at radius 1 is 0.727 bits per heavy atom. The number of aryl methyl sites for hydroxylation is 2. The smallest absolute Gasteiger partial charge is 0.435 e. The third kappa shape index (κ3) is 14.0. The molecule has 4 aromatic heterocycles. The van der Waals surface area contributed by atoms with Crippen LogP contribution in [0.4, 0.5) is 52.7 Å². The van der Waals surface area contributed by atoms with Crippen LogP contribution in [-0.2, 0) is 42.7 Å². The number of nitrogens with zero attached hydrogens (tertiary/aromatic N) is 6. The van der Waals surface area contributed by atoms with Gasteiger partial charge in [-0.25, -0.2) is 24.1 Å². The number of amides is 1. The van der Waals surface area contributed by atoms with E-state index in [1.54, 1.807) is 6.92 Å². The Morgan fingerprint density at radius 2 is 1.11 bits per heavy atom. The van der Waals surface area contributed by atoms with Gasteiger partial charge in [0.2, 0.25) is 11.8 Å². The number of esters is 1. The summed E-state index contributed by atoms with van der Waals surface area (Å²) in [5.41, 5.74) is 1.27. The van der Waals surface area contributed by atoms with E-state index in [-0.39, 0.29) is 32.5 Å². The van der Waals surface area contributed by atoms with E-state index in [1.165, 1.54) is 6.20 Å². The van der Waals surface area contributed by atoms with Crippen LogP contribution in [0.5, 0.6) is 11.8 Å². The van der Waals surface area contributed by atoms with Crippen molar-refractivity contribution in [2.24, 2.45) is 19.8 Å². The second-order valence-electron chi connectivity index (χ2n) is 9.96. The molecule has 0 aliphatic rings.